The van der Waals surface area contributed by atoms with Crippen molar-refractivity contribution in [1.82, 2.24) is 5.32 Å². The SMILES string of the molecule is Clc1ccc2c(c1)CCC2NC1CCCCCC1. The second kappa shape index (κ2) is 5.63. The summed E-state index contributed by atoms with van der Waals surface area (Å²) in [6.07, 6.45) is 10.8. The number of benzene rings is 1. The van der Waals surface area contributed by atoms with Gasteiger partial charge in [0.05, 0.1) is 0 Å². The van der Waals surface area contributed by atoms with Crippen molar-refractivity contribution in [3.8, 4) is 0 Å². The summed E-state index contributed by atoms with van der Waals surface area (Å²) in [6, 6.07) is 7.71. The quantitative estimate of drug-likeness (QED) is 0.767. The molecule has 0 saturated heterocycles. The van der Waals surface area contributed by atoms with Crippen molar-refractivity contribution < 1.29 is 0 Å². The first-order valence-electron chi connectivity index (χ1n) is 7.37. The molecule has 3 rings (SSSR count). The molecule has 1 saturated carbocycles. The summed E-state index contributed by atoms with van der Waals surface area (Å²) in [5.41, 5.74) is 2.94. The third-order valence-corrected chi connectivity index (χ3v) is 4.71. The van der Waals surface area contributed by atoms with Gasteiger partial charge in [-0.15, -0.1) is 0 Å². The van der Waals surface area contributed by atoms with E-state index in [0.29, 0.717) is 6.04 Å². The number of hydrogen-bond donors (Lipinski definition) is 1. The van der Waals surface area contributed by atoms with Gasteiger partial charge in [-0.25, -0.2) is 0 Å². The lowest BCUT2D eigenvalue weighted by Crippen LogP contribution is -2.31. The molecule has 1 unspecified atom stereocenters. The summed E-state index contributed by atoms with van der Waals surface area (Å²) < 4.78 is 0. The molecule has 1 fully saturated rings. The molecule has 0 heterocycles. The van der Waals surface area contributed by atoms with Crippen LogP contribution in [0.15, 0.2) is 18.2 Å². The molecule has 1 N–H and O–H groups in total. The van der Waals surface area contributed by atoms with Crippen LogP contribution < -0.4 is 5.32 Å². The molecule has 0 radical (unpaired) electrons. The van der Waals surface area contributed by atoms with E-state index in [0.717, 1.165) is 11.1 Å². The minimum Gasteiger partial charge on any atom is -0.307 e. The molecular formula is C16H22ClN. The number of nitrogens with one attached hydrogen (secondary N) is 1. The van der Waals surface area contributed by atoms with Crippen molar-refractivity contribution in [3.05, 3.63) is 34.3 Å². The van der Waals surface area contributed by atoms with Crippen LogP contribution in [0.5, 0.6) is 0 Å². The largest absolute Gasteiger partial charge is 0.307 e. The first-order valence-corrected chi connectivity index (χ1v) is 7.75. The highest BCUT2D eigenvalue weighted by atomic mass is 35.5. The van der Waals surface area contributed by atoms with Gasteiger partial charge >= 0.3 is 0 Å². The lowest BCUT2D eigenvalue weighted by molar-refractivity contribution is 0.397. The Morgan fingerprint density at radius 3 is 2.56 bits per heavy atom. The zero-order valence-electron chi connectivity index (χ0n) is 10.9. The fourth-order valence-electron chi connectivity index (χ4n) is 3.49. The summed E-state index contributed by atoms with van der Waals surface area (Å²) in [4.78, 5) is 0. The molecule has 2 aliphatic carbocycles. The third kappa shape index (κ3) is 2.73. The highest BCUT2D eigenvalue weighted by Gasteiger charge is 2.25. The molecule has 1 atom stereocenters. The Morgan fingerprint density at radius 1 is 1.00 bits per heavy atom. The average molecular weight is 264 g/mol. The highest BCUT2D eigenvalue weighted by molar-refractivity contribution is 6.30. The lowest BCUT2D eigenvalue weighted by Gasteiger charge is -2.22. The number of halogens is 1. The van der Waals surface area contributed by atoms with Crippen LogP contribution in [0.2, 0.25) is 5.02 Å². The molecule has 0 aliphatic heterocycles. The van der Waals surface area contributed by atoms with Crippen LogP contribution in [0.3, 0.4) is 0 Å². The van der Waals surface area contributed by atoms with Crippen LogP contribution in [-0.2, 0) is 6.42 Å². The Kier molecular flexibility index (Phi) is 3.91. The predicted octanol–water partition coefficient (Wildman–Crippen LogP) is 4.64. The number of rotatable bonds is 2. The molecule has 0 aromatic heterocycles. The van der Waals surface area contributed by atoms with Gasteiger partial charge in [0.25, 0.3) is 0 Å². The average Bonchev–Trinajstić information content (AvgIpc) is 2.59. The van der Waals surface area contributed by atoms with Crippen molar-refractivity contribution in [3.63, 3.8) is 0 Å². The van der Waals surface area contributed by atoms with Crippen molar-refractivity contribution in [2.75, 3.05) is 0 Å². The van der Waals surface area contributed by atoms with Gasteiger partial charge in [-0.05, 0) is 48.9 Å². The summed E-state index contributed by atoms with van der Waals surface area (Å²) in [5, 5.41) is 4.77. The second-order valence-corrected chi connectivity index (χ2v) is 6.23. The van der Waals surface area contributed by atoms with E-state index in [1.165, 1.54) is 62.5 Å². The Labute approximate surface area is 115 Å². The molecule has 98 valence electrons. The van der Waals surface area contributed by atoms with E-state index < -0.39 is 0 Å². The van der Waals surface area contributed by atoms with E-state index in [4.69, 9.17) is 11.6 Å². The van der Waals surface area contributed by atoms with Gasteiger partial charge in [-0.3, -0.25) is 0 Å². The maximum absolute atomic E-state index is 6.06. The second-order valence-electron chi connectivity index (χ2n) is 5.79. The van der Waals surface area contributed by atoms with Gasteiger partial charge in [0.2, 0.25) is 0 Å². The van der Waals surface area contributed by atoms with Gasteiger partial charge in [-0.2, -0.15) is 0 Å². The third-order valence-electron chi connectivity index (χ3n) is 4.47. The van der Waals surface area contributed by atoms with Crippen molar-refractivity contribution in [2.45, 2.75) is 63.5 Å². The van der Waals surface area contributed by atoms with Crippen LogP contribution >= 0.6 is 11.6 Å². The molecule has 0 amide bonds. The topological polar surface area (TPSA) is 12.0 Å². The van der Waals surface area contributed by atoms with Crippen molar-refractivity contribution in [2.24, 2.45) is 0 Å². The van der Waals surface area contributed by atoms with Crippen LogP contribution in [0, 0.1) is 0 Å². The highest BCUT2D eigenvalue weighted by Crippen LogP contribution is 2.34. The fourth-order valence-corrected chi connectivity index (χ4v) is 3.68. The maximum atomic E-state index is 6.06. The Balaban J connectivity index is 1.68. The zero-order chi connectivity index (χ0) is 12.4. The fraction of sp³-hybridized carbons (Fsp3) is 0.625. The summed E-state index contributed by atoms with van der Waals surface area (Å²) in [5.74, 6) is 0. The van der Waals surface area contributed by atoms with Crippen LogP contribution in [0.25, 0.3) is 0 Å². The van der Waals surface area contributed by atoms with Gasteiger partial charge in [0.15, 0.2) is 0 Å². The first-order chi connectivity index (χ1) is 8.83. The minimum atomic E-state index is 0.570. The molecule has 0 bridgehead atoms. The van der Waals surface area contributed by atoms with Gasteiger partial charge in [-0.1, -0.05) is 43.4 Å². The monoisotopic (exact) mass is 263 g/mol. The molecule has 0 spiro atoms. The lowest BCUT2D eigenvalue weighted by atomic mass is 10.0. The zero-order valence-corrected chi connectivity index (χ0v) is 11.7. The summed E-state index contributed by atoms with van der Waals surface area (Å²) in [7, 11) is 0. The van der Waals surface area contributed by atoms with Gasteiger partial charge in [0.1, 0.15) is 0 Å². The van der Waals surface area contributed by atoms with E-state index in [9.17, 15) is 0 Å². The van der Waals surface area contributed by atoms with Crippen LogP contribution in [0.1, 0.15) is 62.1 Å². The van der Waals surface area contributed by atoms with E-state index in [1.807, 2.05) is 6.07 Å². The molecule has 2 heteroatoms. The number of hydrogen-bond acceptors (Lipinski definition) is 1. The normalized spacial score (nSPS) is 24.8. The smallest absolute Gasteiger partial charge is 0.0408 e. The van der Waals surface area contributed by atoms with Crippen molar-refractivity contribution >= 4 is 11.6 Å². The summed E-state index contributed by atoms with van der Waals surface area (Å²) >= 11 is 6.06. The summed E-state index contributed by atoms with van der Waals surface area (Å²) in [6.45, 7) is 0. The minimum absolute atomic E-state index is 0.570. The molecular weight excluding hydrogens is 242 g/mol. The first kappa shape index (κ1) is 12.5. The van der Waals surface area contributed by atoms with Gasteiger partial charge < -0.3 is 5.32 Å². The van der Waals surface area contributed by atoms with Gasteiger partial charge in [0, 0.05) is 17.1 Å². The molecule has 1 aromatic rings. The predicted molar refractivity (Wildman–Crippen MR) is 77.1 cm³/mol. The standard InChI is InChI=1S/C16H22ClN/c17-13-8-9-15-12(11-13)7-10-16(15)18-14-5-3-1-2-4-6-14/h8-9,11,14,16,18H,1-7,10H2. The van der Waals surface area contributed by atoms with E-state index >= 15 is 0 Å². The number of fused-ring (bicyclic) bond motifs is 1. The van der Waals surface area contributed by atoms with E-state index in [-0.39, 0.29) is 0 Å². The van der Waals surface area contributed by atoms with Crippen LogP contribution in [-0.4, -0.2) is 6.04 Å². The number of aryl methyl sites for hydroxylation is 1. The van der Waals surface area contributed by atoms with Crippen LogP contribution in [0.4, 0.5) is 0 Å². The van der Waals surface area contributed by atoms with E-state index in [1.54, 1.807) is 0 Å². The Morgan fingerprint density at radius 2 is 1.78 bits per heavy atom. The van der Waals surface area contributed by atoms with E-state index in [2.05, 4.69) is 17.4 Å². The Hall–Kier alpha value is -0.530. The maximum Gasteiger partial charge on any atom is 0.0408 e. The van der Waals surface area contributed by atoms with Crippen molar-refractivity contribution in [1.29, 1.82) is 0 Å². The Bertz CT molecular complexity index is 408. The molecule has 2 aliphatic rings. The molecule has 18 heavy (non-hydrogen) atoms. The molecule has 1 aromatic carbocycles. The molecule has 1 nitrogen and oxygen atoms in total.